The van der Waals surface area contributed by atoms with Gasteiger partial charge in [0.05, 0.1) is 0 Å². The molecule has 0 amide bonds. The Morgan fingerprint density at radius 2 is 2.12 bits per heavy atom. The molecule has 92 valence electrons. The van der Waals surface area contributed by atoms with Crippen molar-refractivity contribution in [3.05, 3.63) is 35.4 Å². The van der Waals surface area contributed by atoms with Gasteiger partial charge in [-0.05, 0) is 37.1 Å². The maximum atomic E-state index is 13.2. The zero-order valence-electron chi connectivity index (χ0n) is 9.17. The summed E-state index contributed by atoms with van der Waals surface area (Å²) in [7, 11) is 0. The molecular formula is C12H13F2NO2. The van der Waals surface area contributed by atoms with Crippen LogP contribution in [0.5, 0.6) is 0 Å². The number of halogens is 2. The van der Waals surface area contributed by atoms with Gasteiger partial charge in [-0.1, -0.05) is 6.07 Å². The van der Waals surface area contributed by atoms with Crippen LogP contribution in [0.3, 0.4) is 0 Å². The molecule has 1 atom stereocenters. The molecule has 1 aromatic carbocycles. The lowest BCUT2D eigenvalue weighted by Gasteiger charge is -2.34. The van der Waals surface area contributed by atoms with E-state index >= 15 is 0 Å². The van der Waals surface area contributed by atoms with E-state index in [0.717, 1.165) is 18.7 Å². The van der Waals surface area contributed by atoms with Crippen LogP contribution in [0.1, 0.15) is 18.4 Å². The quantitative estimate of drug-likeness (QED) is 0.828. The highest BCUT2D eigenvalue weighted by Crippen LogP contribution is 2.32. The Bertz CT molecular complexity index is 442. The van der Waals surface area contributed by atoms with E-state index in [-0.39, 0.29) is 6.54 Å². The predicted molar refractivity (Wildman–Crippen MR) is 57.8 cm³/mol. The van der Waals surface area contributed by atoms with E-state index in [1.165, 1.54) is 6.07 Å². The Morgan fingerprint density at radius 3 is 2.65 bits per heavy atom. The molecule has 1 aliphatic heterocycles. The summed E-state index contributed by atoms with van der Waals surface area (Å²) in [6.45, 7) is 0.992. The van der Waals surface area contributed by atoms with Crippen molar-refractivity contribution in [2.24, 2.45) is 0 Å². The zero-order chi connectivity index (χ0) is 12.5. The zero-order valence-corrected chi connectivity index (χ0v) is 9.17. The number of carbonyl (C=O) groups is 1. The standard InChI is InChI=1S/C12H13F2NO2/c13-9-3-2-8(6-10(9)14)12(11(16)17)4-1-5-15-7-12/h2-3,6,15H,1,4-5,7H2,(H,16,17). The molecule has 2 rings (SSSR count). The lowest BCUT2D eigenvalue weighted by atomic mass is 9.75. The predicted octanol–water partition coefficient (Wildman–Crippen LogP) is 1.67. The van der Waals surface area contributed by atoms with Crippen LogP contribution >= 0.6 is 0 Å². The van der Waals surface area contributed by atoms with Gasteiger partial charge >= 0.3 is 5.97 Å². The lowest BCUT2D eigenvalue weighted by Crippen LogP contribution is -2.49. The van der Waals surface area contributed by atoms with E-state index in [1.807, 2.05) is 0 Å². The van der Waals surface area contributed by atoms with Gasteiger partial charge in [0.15, 0.2) is 11.6 Å². The molecule has 1 aromatic rings. The first-order chi connectivity index (χ1) is 8.06. The van der Waals surface area contributed by atoms with Crippen molar-refractivity contribution in [2.75, 3.05) is 13.1 Å². The van der Waals surface area contributed by atoms with E-state index in [4.69, 9.17) is 0 Å². The molecular weight excluding hydrogens is 228 g/mol. The SMILES string of the molecule is O=C(O)C1(c2ccc(F)c(F)c2)CCCNC1. The van der Waals surface area contributed by atoms with Crippen molar-refractivity contribution in [2.45, 2.75) is 18.3 Å². The summed E-state index contributed by atoms with van der Waals surface area (Å²) < 4.78 is 26.0. The van der Waals surface area contributed by atoms with Crippen LogP contribution in [0.15, 0.2) is 18.2 Å². The van der Waals surface area contributed by atoms with Crippen molar-refractivity contribution in [1.82, 2.24) is 5.32 Å². The van der Waals surface area contributed by atoms with Crippen molar-refractivity contribution in [3.63, 3.8) is 0 Å². The number of rotatable bonds is 2. The van der Waals surface area contributed by atoms with E-state index in [1.54, 1.807) is 0 Å². The molecule has 17 heavy (non-hydrogen) atoms. The van der Waals surface area contributed by atoms with Crippen molar-refractivity contribution in [3.8, 4) is 0 Å². The minimum atomic E-state index is -1.15. The maximum Gasteiger partial charge on any atom is 0.315 e. The summed E-state index contributed by atoms with van der Waals surface area (Å²) in [5.74, 6) is -2.97. The molecule has 1 heterocycles. The van der Waals surface area contributed by atoms with Gasteiger partial charge in [-0.2, -0.15) is 0 Å². The van der Waals surface area contributed by atoms with Crippen LogP contribution in [0.25, 0.3) is 0 Å². The molecule has 1 unspecified atom stereocenters. The second-order valence-corrected chi connectivity index (χ2v) is 4.30. The molecule has 0 aliphatic carbocycles. The van der Waals surface area contributed by atoms with Gasteiger partial charge in [-0.3, -0.25) is 4.79 Å². The van der Waals surface area contributed by atoms with Gasteiger partial charge in [-0.15, -0.1) is 0 Å². The number of piperidine rings is 1. The maximum absolute atomic E-state index is 13.2. The molecule has 2 N–H and O–H groups in total. The fourth-order valence-corrected chi connectivity index (χ4v) is 2.25. The minimum Gasteiger partial charge on any atom is -0.481 e. The molecule has 0 bridgehead atoms. The van der Waals surface area contributed by atoms with Gasteiger partial charge in [-0.25, -0.2) is 8.78 Å². The average Bonchev–Trinajstić information content (AvgIpc) is 2.33. The lowest BCUT2D eigenvalue weighted by molar-refractivity contribution is -0.144. The van der Waals surface area contributed by atoms with Crippen molar-refractivity contribution in [1.29, 1.82) is 0 Å². The summed E-state index contributed by atoms with van der Waals surface area (Å²) in [6, 6.07) is 3.31. The third-order valence-corrected chi connectivity index (χ3v) is 3.27. The minimum absolute atomic E-state index is 0.243. The Labute approximate surface area is 97.5 Å². The normalized spacial score (nSPS) is 24.6. The molecule has 5 heteroatoms. The number of hydrogen-bond acceptors (Lipinski definition) is 2. The smallest absolute Gasteiger partial charge is 0.315 e. The second-order valence-electron chi connectivity index (χ2n) is 4.30. The first-order valence-corrected chi connectivity index (χ1v) is 5.46. The highest BCUT2D eigenvalue weighted by atomic mass is 19.2. The fraction of sp³-hybridized carbons (Fsp3) is 0.417. The van der Waals surface area contributed by atoms with Crippen LogP contribution in [-0.2, 0) is 10.2 Å². The van der Waals surface area contributed by atoms with Gasteiger partial charge in [0, 0.05) is 6.54 Å². The van der Waals surface area contributed by atoms with Crippen LogP contribution in [-0.4, -0.2) is 24.2 Å². The summed E-state index contributed by atoms with van der Waals surface area (Å²) in [6.07, 6.45) is 1.13. The molecule has 0 radical (unpaired) electrons. The van der Waals surface area contributed by atoms with Crippen molar-refractivity contribution < 1.29 is 18.7 Å². The van der Waals surface area contributed by atoms with Crippen LogP contribution < -0.4 is 5.32 Å². The third-order valence-electron chi connectivity index (χ3n) is 3.27. The molecule has 3 nitrogen and oxygen atoms in total. The van der Waals surface area contributed by atoms with Gasteiger partial charge in [0.25, 0.3) is 0 Å². The highest BCUT2D eigenvalue weighted by molar-refractivity contribution is 5.82. The largest absolute Gasteiger partial charge is 0.481 e. The van der Waals surface area contributed by atoms with Crippen LogP contribution in [0.2, 0.25) is 0 Å². The van der Waals surface area contributed by atoms with Gasteiger partial charge in [0.2, 0.25) is 0 Å². The molecule has 0 aromatic heterocycles. The highest BCUT2D eigenvalue weighted by Gasteiger charge is 2.41. The summed E-state index contributed by atoms with van der Waals surface area (Å²) in [5.41, 5.74) is -0.830. The number of carboxylic acids is 1. The van der Waals surface area contributed by atoms with E-state index in [2.05, 4.69) is 5.32 Å². The summed E-state index contributed by atoms with van der Waals surface area (Å²) in [4.78, 5) is 11.4. The Balaban J connectivity index is 2.45. The molecule has 1 saturated heterocycles. The fourth-order valence-electron chi connectivity index (χ4n) is 2.25. The van der Waals surface area contributed by atoms with E-state index in [9.17, 15) is 18.7 Å². The topological polar surface area (TPSA) is 49.3 Å². The number of carboxylic acid groups (broad SMARTS) is 1. The Morgan fingerprint density at radius 1 is 1.35 bits per heavy atom. The molecule has 1 aliphatic rings. The second kappa shape index (κ2) is 4.41. The number of hydrogen-bond donors (Lipinski definition) is 2. The Hall–Kier alpha value is -1.49. The Kier molecular flexibility index (Phi) is 3.11. The van der Waals surface area contributed by atoms with Gasteiger partial charge < -0.3 is 10.4 Å². The first-order valence-electron chi connectivity index (χ1n) is 5.46. The molecule has 0 spiro atoms. The van der Waals surface area contributed by atoms with Gasteiger partial charge in [0.1, 0.15) is 5.41 Å². The van der Waals surface area contributed by atoms with Crippen molar-refractivity contribution >= 4 is 5.97 Å². The average molecular weight is 241 g/mol. The molecule has 0 saturated carbocycles. The number of nitrogens with one attached hydrogen (secondary N) is 1. The van der Waals surface area contributed by atoms with E-state index in [0.29, 0.717) is 18.4 Å². The monoisotopic (exact) mass is 241 g/mol. The van der Waals surface area contributed by atoms with Crippen LogP contribution in [0, 0.1) is 11.6 Å². The summed E-state index contributed by atoms with van der Waals surface area (Å²) >= 11 is 0. The third kappa shape index (κ3) is 2.02. The molecule has 1 fully saturated rings. The first kappa shape index (κ1) is 12.0. The summed E-state index contributed by atoms with van der Waals surface area (Å²) in [5, 5.41) is 12.3. The number of aliphatic carboxylic acids is 1. The van der Waals surface area contributed by atoms with E-state index < -0.39 is 23.0 Å². The number of benzene rings is 1. The van der Waals surface area contributed by atoms with Crippen LogP contribution in [0.4, 0.5) is 8.78 Å².